The Hall–Kier alpha value is -1.66. The van der Waals surface area contributed by atoms with E-state index in [-0.39, 0.29) is 16.3 Å². The average Bonchev–Trinajstić information content (AvgIpc) is 2.16. The number of nitro benzene ring substituents is 1. The summed E-state index contributed by atoms with van der Waals surface area (Å²) in [6.45, 7) is 0. The van der Waals surface area contributed by atoms with Gasteiger partial charge in [0.25, 0.3) is 11.6 Å². The molecule has 6 nitrogen and oxygen atoms in total. The molecule has 0 heterocycles. The number of nitrogens with two attached hydrogens (primary N) is 1. The predicted molar refractivity (Wildman–Crippen MR) is 49.8 cm³/mol. The number of hydrogen-bond acceptors (Lipinski definition) is 4. The number of benzene rings is 1. The molecule has 0 atom stereocenters. The first-order chi connectivity index (χ1) is 6.57. The van der Waals surface area contributed by atoms with Crippen LogP contribution in [0.4, 0.5) is 5.69 Å². The molecule has 74 valence electrons. The molecular weight excluding hydrogens is 210 g/mol. The van der Waals surface area contributed by atoms with Gasteiger partial charge in [-0.15, -0.1) is 0 Å². The maximum absolute atomic E-state index is 11.1. The van der Waals surface area contributed by atoms with Crippen molar-refractivity contribution in [3.8, 4) is 0 Å². The fourth-order valence-corrected chi connectivity index (χ4v) is 1.22. The van der Waals surface area contributed by atoms with E-state index in [0.717, 1.165) is 0 Å². The Morgan fingerprint density at radius 2 is 2.21 bits per heavy atom. The third kappa shape index (κ3) is 1.81. The fraction of sp³-hybridized carbons (Fsp3) is 0. The minimum atomic E-state index is -0.790. The fourth-order valence-electron chi connectivity index (χ4n) is 0.962. The predicted octanol–water partition coefficient (Wildman–Crippen LogP) is 0.852. The molecule has 1 aromatic carbocycles. The number of nitrogen functional groups attached to an aromatic ring is 1. The highest BCUT2D eigenvalue weighted by Crippen LogP contribution is 2.25. The van der Waals surface area contributed by atoms with E-state index in [0.29, 0.717) is 0 Å². The van der Waals surface area contributed by atoms with Crippen LogP contribution in [0.3, 0.4) is 0 Å². The summed E-state index contributed by atoms with van der Waals surface area (Å²) in [4.78, 5) is 21.0. The summed E-state index contributed by atoms with van der Waals surface area (Å²) in [5, 5.41) is 10.5. The lowest BCUT2D eigenvalue weighted by Gasteiger charge is -2.02. The van der Waals surface area contributed by atoms with E-state index in [1.165, 1.54) is 18.2 Å². The number of amides is 1. The zero-order valence-corrected chi connectivity index (χ0v) is 7.62. The smallest absolute Gasteiger partial charge is 0.283 e. The molecule has 0 aromatic heterocycles. The average molecular weight is 216 g/mol. The summed E-state index contributed by atoms with van der Waals surface area (Å²) in [6, 6.07) is 3.93. The molecule has 1 rings (SSSR count). The standard InChI is InChI=1S/C7H6ClN3O3/c8-4-2-1-3-5(11(13)14)6(4)7(12)10-9/h1-3H,9H2,(H,10,12). The van der Waals surface area contributed by atoms with Gasteiger partial charge < -0.3 is 0 Å². The summed E-state index contributed by atoms with van der Waals surface area (Å²) in [7, 11) is 0. The first kappa shape index (κ1) is 10.4. The number of hydrazine groups is 1. The SMILES string of the molecule is NNC(=O)c1c(Cl)cccc1[N+](=O)[O-]. The molecule has 14 heavy (non-hydrogen) atoms. The number of nitrogens with zero attached hydrogens (tertiary/aromatic N) is 1. The third-order valence-corrected chi connectivity index (χ3v) is 1.86. The van der Waals surface area contributed by atoms with Crippen LogP contribution < -0.4 is 11.3 Å². The highest BCUT2D eigenvalue weighted by molar-refractivity contribution is 6.34. The number of halogens is 1. The minimum absolute atomic E-state index is 0.0119. The first-order valence-electron chi connectivity index (χ1n) is 3.51. The number of rotatable bonds is 2. The summed E-state index contributed by atoms with van der Waals surface area (Å²) >= 11 is 5.63. The lowest BCUT2D eigenvalue weighted by Crippen LogP contribution is -2.30. The Bertz CT molecular complexity index is 394. The van der Waals surface area contributed by atoms with Gasteiger partial charge in [-0.1, -0.05) is 17.7 Å². The van der Waals surface area contributed by atoms with Crippen molar-refractivity contribution in [2.24, 2.45) is 5.84 Å². The lowest BCUT2D eigenvalue weighted by atomic mass is 10.1. The molecule has 3 N–H and O–H groups in total. The highest BCUT2D eigenvalue weighted by Gasteiger charge is 2.22. The summed E-state index contributed by atoms with van der Waals surface area (Å²) < 4.78 is 0. The summed E-state index contributed by atoms with van der Waals surface area (Å²) in [6.07, 6.45) is 0. The molecule has 1 amide bonds. The molecule has 0 aliphatic heterocycles. The van der Waals surface area contributed by atoms with Crippen molar-refractivity contribution in [2.45, 2.75) is 0 Å². The van der Waals surface area contributed by atoms with Gasteiger partial charge in [0, 0.05) is 6.07 Å². The Balaban J connectivity index is 3.36. The van der Waals surface area contributed by atoms with Crippen LogP contribution in [0, 0.1) is 10.1 Å². The largest absolute Gasteiger partial charge is 0.290 e. The quantitative estimate of drug-likeness (QED) is 0.331. The number of nitrogens with one attached hydrogen (secondary N) is 1. The molecule has 0 saturated carbocycles. The van der Waals surface area contributed by atoms with Gasteiger partial charge in [0.1, 0.15) is 5.56 Å². The van der Waals surface area contributed by atoms with Crippen molar-refractivity contribution in [1.29, 1.82) is 0 Å². The van der Waals surface area contributed by atoms with Crippen molar-refractivity contribution < 1.29 is 9.72 Å². The minimum Gasteiger partial charge on any atom is -0.290 e. The van der Waals surface area contributed by atoms with E-state index >= 15 is 0 Å². The van der Waals surface area contributed by atoms with Crippen LogP contribution in [-0.2, 0) is 0 Å². The molecule has 0 unspecified atom stereocenters. The van der Waals surface area contributed by atoms with Gasteiger partial charge in [-0.3, -0.25) is 20.3 Å². The lowest BCUT2D eigenvalue weighted by molar-refractivity contribution is -0.385. The van der Waals surface area contributed by atoms with E-state index in [1.807, 2.05) is 0 Å². The highest BCUT2D eigenvalue weighted by atomic mass is 35.5. The first-order valence-corrected chi connectivity index (χ1v) is 3.89. The van der Waals surface area contributed by atoms with E-state index < -0.39 is 10.8 Å². The normalized spacial score (nSPS) is 9.57. The van der Waals surface area contributed by atoms with Crippen molar-refractivity contribution in [1.82, 2.24) is 5.43 Å². The van der Waals surface area contributed by atoms with Crippen LogP contribution in [0.5, 0.6) is 0 Å². The van der Waals surface area contributed by atoms with Gasteiger partial charge in [-0.05, 0) is 6.07 Å². The van der Waals surface area contributed by atoms with Gasteiger partial charge in [-0.25, -0.2) is 5.84 Å². The second-order valence-corrected chi connectivity index (χ2v) is 2.77. The van der Waals surface area contributed by atoms with E-state index in [4.69, 9.17) is 17.4 Å². The maximum atomic E-state index is 11.1. The van der Waals surface area contributed by atoms with E-state index in [1.54, 1.807) is 5.43 Å². The molecule has 7 heteroatoms. The van der Waals surface area contributed by atoms with E-state index in [9.17, 15) is 14.9 Å². The van der Waals surface area contributed by atoms with Crippen molar-refractivity contribution in [3.63, 3.8) is 0 Å². The Labute approximate surface area is 83.8 Å². The number of carbonyl (C=O) groups excluding carboxylic acids is 1. The zero-order valence-electron chi connectivity index (χ0n) is 6.86. The Morgan fingerprint density at radius 3 is 2.71 bits per heavy atom. The van der Waals surface area contributed by atoms with Crippen molar-refractivity contribution in [2.75, 3.05) is 0 Å². The van der Waals surface area contributed by atoms with E-state index in [2.05, 4.69) is 0 Å². The number of nitro groups is 1. The molecule has 0 saturated heterocycles. The number of hydrogen-bond donors (Lipinski definition) is 2. The van der Waals surface area contributed by atoms with Gasteiger partial charge in [0.15, 0.2) is 0 Å². The molecule has 1 aromatic rings. The topological polar surface area (TPSA) is 98.3 Å². The molecule has 0 spiro atoms. The van der Waals surface area contributed by atoms with Crippen LogP contribution in [0.15, 0.2) is 18.2 Å². The van der Waals surface area contributed by atoms with Crippen molar-refractivity contribution in [3.05, 3.63) is 38.9 Å². The Kier molecular flexibility index (Phi) is 3.00. The van der Waals surface area contributed by atoms with Crippen LogP contribution >= 0.6 is 11.6 Å². The summed E-state index contributed by atoms with van der Waals surface area (Å²) in [5.41, 5.74) is 1.18. The van der Waals surface area contributed by atoms with Gasteiger partial charge >= 0.3 is 0 Å². The molecule has 0 bridgehead atoms. The maximum Gasteiger partial charge on any atom is 0.283 e. The van der Waals surface area contributed by atoms with Gasteiger partial charge in [-0.2, -0.15) is 0 Å². The van der Waals surface area contributed by atoms with Crippen molar-refractivity contribution >= 4 is 23.2 Å². The summed E-state index contributed by atoms with van der Waals surface area (Å²) in [5.74, 6) is 4.07. The molecule has 0 aliphatic rings. The van der Waals surface area contributed by atoms with Crippen LogP contribution in [0.1, 0.15) is 10.4 Å². The molecule has 0 fully saturated rings. The Morgan fingerprint density at radius 1 is 1.57 bits per heavy atom. The van der Waals surface area contributed by atoms with Crippen LogP contribution in [-0.4, -0.2) is 10.8 Å². The second-order valence-electron chi connectivity index (χ2n) is 2.36. The molecule has 0 aliphatic carbocycles. The molecular formula is C7H6ClN3O3. The van der Waals surface area contributed by atoms with Crippen LogP contribution in [0.2, 0.25) is 5.02 Å². The monoisotopic (exact) mass is 215 g/mol. The van der Waals surface area contributed by atoms with Gasteiger partial charge in [0.2, 0.25) is 0 Å². The molecule has 0 radical (unpaired) electrons. The van der Waals surface area contributed by atoms with Crippen LogP contribution in [0.25, 0.3) is 0 Å². The second kappa shape index (κ2) is 4.03. The third-order valence-electron chi connectivity index (χ3n) is 1.55. The zero-order chi connectivity index (χ0) is 10.7. The number of carbonyl (C=O) groups is 1. The van der Waals surface area contributed by atoms with Gasteiger partial charge in [0.05, 0.1) is 9.95 Å².